The molecule has 2 saturated heterocycles. The molecule has 1 saturated carbocycles. The van der Waals surface area contributed by atoms with Crippen molar-refractivity contribution >= 4 is 16.8 Å². The summed E-state index contributed by atoms with van der Waals surface area (Å²) in [6.45, 7) is 4.02. The molecule has 2 aliphatic heterocycles. The van der Waals surface area contributed by atoms with E-state index in [0.717, 1.165) is 29.4 Å². The van der Waals surface area contributed by atoms with Crippen molar-refractivity contribution in [2.24, 2.45) is 0 Å². The molecule has 2 aliphatic carbocycles. The molecule has 0 radical (unpaired) electrons. The van der Waals surface area contributed by atoms with Crippen molar-refractivity contribution in [3.8, 4) is 5.75 Å². The number of hydrogen-bond acceptors (Lipinski definition) is 7. The minimum atomic E-state index is -0.862. The minimum Gasteiger partial charge on any atom is -0.495 e. The van der Waals surface area contributed by atoms with E-state index < -0.39 is 22.6 Å². The maximum atomic E-state index is 13.2. The monoisotopic (exact) mass is 452 g/mol. The van der Waals surface area contributed by atoms with Crippen LogP contribution in [0.3, 0.4) is 0 Å². The van der Waals surface area contributed by atoms with Crippen molar-refractivity contribution in [1.82, 2.24) is 0 Å². The molecular formula is C26H28O7. The van der Waals surface area contributed by atoms with Gasteiger partial charge in [0.1, 0.15) is 22.3 Å². The fraction of sp³-hybridized carbons (Fsp3) is 0.500. The normalized spacial score (nSPS) is 24.4. The van der Waals surface area contributed by atoms with Crippen LogP contribution < -0.4 is 10.4 Å². The first-order valence-corrected chi connectivity index (χ1v) is 11.6. The topological polar surface area (TPSA) is 76.4 Å². The van der Waals surface area contributed by atoms with Gasteiger partial charge in [-0.3, -0.25) is 0 Å². The van der Waals surface area contributed by atoms with Crippen LogP contribution >= 0.6 is 0 Å². The third kappa shape index (κ3) is 2.68. The highest BCUT2D eigenvalue weighted by molar-refractivity contribution is 5.91. The average molecular weight is 453 g/mol. The van der Waals surface area contributed by atoms with Crippen LogP contribution in [0, 0.1) is 0 Å². The van der Waals surface area contributed by atoms with Gasteiger partial charge in [-0.2, -0.15) is 0 Å². The van der Waals surface area contributed by atoms with Gasteiger partial charge in [-0.05, 0) is 42.9 Å². The highest BCUT2D eigenvalue weighted by Gasteiger charge is 2.76. The minimum absolute atomic E-state index is 0.425. The zero-order valence-corrected chi connectivity index (χ0v) is 19.0. The smallest absolute Gasteiger partial charge is 0.347 e. The largest absolute Gasteiger partial charge is 0.495 e. The van der Waals surface area contributed by atoms with Gasteiger partial charge >= 0.3 is 5.63 Å². The van der Waals surface area contributed by atoms with E-state index in [0.29, 0.717) is 56.2 Å². The molecule has 6 rings (SSSR count). The predicted molar refractivity (Wildman–Crippen MR) is 121 cm³/mol. The summed E-state index contributed by atoms with van der Waals surface area (Å²) >= 11 is 0. The Bertz CT molecular complexity index is 1190. The van der Waals surface area contributed by atoms with E-state index in [1.54, 1.807) is 13.2 Å². The molecule has 4 aliphatic rings. The van der Waals surface area contributed by atoms with Crippen LogP contribution in [-0.4, -0.2) is 45.1 Å². The lowest BCUT2D eigenvalue weighted by Gasteiger charge is -2.47. The van der Waals surface area contributed by atoms with Gasteiger partial charge in [0.15, 0.2) is 11.6 Å². The number of rotatable bonds is 3. The van der Waals surface area contributed by atoms with Gasteiger partial charge in [-0.15, -0.1) is 0 Å². The molecule has 0 amide bonds. The lowest BCUT2D eigenvalue weighted by atomic mass is 9.71. The number of fused-ring (bicyclic) bond motifs is 5. The van der Waals surface area contributed by atoms with Gasteiger partial charge in [-0.1, -0.05) is 24.3 Å². The van der Waals surface area contributed by atoms with Crippen LogP contribution in [0.15, 0.2) is 39.6 Å². The van der Waals surface area contributed by atoms with Gasteiger partial charge in [0, 0.05) is 18.4 Å². The Morgan fingerprint density at radius 3 is 2.21 bits per heavy atom. The summed E-state index contributed by atoms with van der Waals surface area (Å²) in [5, 5.41) is 1.22. The summed E-state index contributed by atoms with van der Waals surface area (Å²) in [7, 11) is 1.60. The van der Waals surface area contributed by atoms with Gasteiger partial charge < -0.3 is 28.1 Å². The van der Waals surface area contributed by atoms with Crippen LogP contribution in [0.25, 0.3) is 16.8 Å². The number of methoxy groups -OCH3 is 1. The molecule has 0 bridgehead atoms. The Labute approximate surface area is 191 Å². The van der Waals surface area contributed by atoms with E-state index in [4.69, 9.17) is 28.1 Å². The molecule has 1 aromatic heterocycles. The molecule has 3 fully saturated rings. The molecular weight excluding hydrogens is 424 g/mol. The molecule has 7 heteroatoms. The Hall–Kier alpha value is -2.45. The van der Waals surface area contributed by atoms with Gasteiger partial charge in [0.05, 0.1) is 33.5 Å². The van der Waals surface area contributed by atoms with E-state index in [9.17, 15) is 4.79 Å². The fourth-order valence-electron chi connectivity index (χ4n) is 6.56. The molecule has 7 nitrogen and oxygen atoms in total. The summed E-state index contributed by atoms with van der Waals surface area (Å²) in [5.41, 5.74) is 0.853. The third-order valence-corrected chi connectivity index (χ3v) is 7.66. The number of benzene rings is 1. The molecule has 0 unspecified atom stereocenters. The molecule has 1 aromatic carbocycles. The summed E-state index contributed by atoms with van der Waals surface area (Å²) in [6, 6.07) is 3.96. The summed E-state index contributed by atoms with van der Waals surface area (Å²) in [5.74, 6) is -0.715. The second kappa shape index (κ2) is 7.53. The van der Waals surface area contributed by atoms with E-state index in [1.807, 2.05) is 31.2 Å². The van der Waals surface area contributed by atoms with Crippen LogP contribution in [0.1, 0.15) is 43.1 Å². The Balaban J connectivity index is 1.62. The standard InChI is InChI=1S/C26H28O7/c1-3-4-5-6-19-16-18-15-17-7-8-24(21(17)22(28-2)20(18)23(27)33-19)25(29-11-12-30-25)9-10-26(24)31-13-14-32-26/h3-6,15-16H,7-14H2,1-2H3/b4-3+,6-5+. The van der Waals surface area contributed by atoms with Crippen LogP contribution in [0.4, 0.5) is 0 Å². The van der Waals surface area contributed by atoms with Crippen molar-refractivity contribution in [2.75, 3.05) is 33.5 Å². The number of ether oxygens (including phenoxy) is 5. The SMILES string of the molecule is C/C=C/C=C/c1cc2cc3c(c(OC)c2c(=O)o1)C1(CC3)C2(CCC13OCCO3)OCCO2. The van der Waals surface area contributed by atoms with E-state index in [-0.39, 0.29) is 0 Å². The maximum absolute atomic E-state index is 13.2. The zero-order chi connectivity index (χ0) is 22.7. The van der Waals surface area contributed by atoms with Gasteiger partial charge in [0.25, 0.3) is 0 Å². The quantitative estimate of drug-likeness (QED) is 0.655. The first-order valence-electron chi connectivity index (χ1n) is 11.6. The van der Waals surface area contributed by atoms with E-state index in [1.165, 1.54) is 0 Å². The van der Waals surface area contributed by atoms with Gasteiger partial charge in [-0.25, -0.2) is 4.79 Å². The lowest BCUT2D eigenvalue weighted by Crippen LogP contribution is -2.59. The first kappa shape index (κ1) is 21.1. The summed E-state index contributed by atoms with van der Waals surface area (Å²) in [4.78, 5) is 13.2. The second-order valence-corrected chi connectivity index (χ2v) is 9.03. The Morgan fingerprint density at radius 2 is 1.61 bits per heavy atom. The first-order chi connectivity index (χ1) is 16.1. The third-order valence-electron chi connectivity index (χ3n) is 7.66. The van der Waals surface area contributed by atoms with Gasteiger partial charge in [0.2, 0.25) is 0 Å². The van der Waals surface area contributed by atoms with E-state index >= 15 is 0 Å². The summed E-state index contributed by atoms with van der Waals surface area (Å²) < 4.78 is 37.0. The Morgan fingerprint density at radius 1 is 0.939 bits per heavy atom. The van der Waals surface area contributed by atoms with Crippen molar-refractivity contribution < 1.29 is 28.1 Å². The molecule has 33 heavy (non-hydrogen) atoms. The van der Waals surface area contributed by atoms with E-state index in [2.05, 4.69) is 6.07 Å². The summed E-state index contributed by atoms with van der Waals surface area (Å²) in [6.07, 6.45) is 10.3. The molecule has 3 heterocycles. The van der Waals surface area contributed by atoms with Crippen molar-refractivity contribution in [2.45, 2.75) is 49.6 Å². The zero-order valence-electron chi connectivity index (χ0n) is 19.0. The molecule has 3 spiro atoms. The average Bonchev–Trinajstić information content (AvgIpc) is 3.59. The molecule has 0 atom stereocenters. The molecule has 2 aromatic rings. The maximum Gasteiger partial charge on any atom is 0.347 e. The van der Waals surface area contributed by atoms with Crippen LogP contribution in [0.2, 0.25) is 0 Å². The lowest BCUT2D eigenvalue weighted by molar-refractivity contribution is -0.269. The highest BCUT2D eigenvalue weighted by Crippen LogP contribution is 2.67. The molecule has 0 N–H and O–H groups in total. The van der Waals surface area contributed by atoms with Crippen molar-refractivity contribution in [3.63, 3.8) is 0 Å². The van der Waals surface area contributed by atoms with Crippen LogP contribution in [0.5, 0.6) is 5.75 Å². The number of allylic oxidation sites excluding steroid dienone is 3. The van der Waals surface area contributed by atoms with Crippen LogP contribution in [-0.2, 0) is 30.8 Å². The highest BCUT2D eigenvalue weighted by atomic mass is 16.8. The Kier molecular flexibility index (Phi) is 4.82. The molecule has 174 valence electrons. The number of hydrogen-bond donors (Lipinski definition) is 0. The van der Waals surface area contributed by atoms with Crippen molar-refractivity contribution in [3.05, 3.63) is 57.7 Å². The number of aryl methyl sites for hydroxylation is 1. The van der Waals surface area contributed by atoms with Crippen molar-refractivity contribution in [1.29, 1.82) is 0 Å². The fourth-order valence-corrected chi connectivity index (χ4v) is 6.56. The predicted octanol–water partition coefficient (Wildman–Crippen LogP) is 3.85. The second-order valence-electron chi connectivity index (χ2n) is 9.03.